The fraction of sp³-hybridized carbons (Fsp3) is 0.381. The fourth-order valence-electron chi connectivity index (χ4n) is 3.52. The van der Waals surface area contributed by atoms with E-state index < -0.39 is 0 Å². The van der Waals surface area contributed by atoms with Gasteiger partial charge in [0.25, 0.3) is 5.91 Å². The highest BCUT2D eigenvalue weighted by Gasteiger charge is 2.26. The quantitative estimate of drug-likeness (QED) is 0.814. The van der Waals surface area contributed by atoms with E-state index in [0.717, 1.165) is 37.8 Å². The number of amides is 1. The van der Waals surface area contributed by atoms with Crippen molar-refractivity contribution in [2.75, 3.05) is 48.7 Å². The number of hydrogen-bond acceptors (Lipinski definition) is 4. The summed E-state index contributed by atoms with van der Waals surface area (Å²) in [6, 6.07) is 15.1. The van der Waals surface area contributed by atoms with Crippen LogP contribution in [0.5, 0.6) is 0 Å². The summed E-state index contributed by atoms with van der Waals surface area (Å²) in [6.07, 6.45) is 2.82. The van der Waals surface area contributed by atoms with Crippen LogP contribution in [0.1, 0.15) is 23.2 Å². The summed E-state index contributed by atoms with van der Waals surface area (Å²) < 4.78 is 0. The third kappa shape index (κ3) is 4.17. The molecule has 2 aromatic rings. The van der Waals surface area contributed by atoms with Crippen LogP contribution >= 0.6 is 0 Å². The summed E-state index contributed by atoms with van der Waals surface area (Å²) in [5.41, 5.74) is 8.92. The highest BCUT2D eigenvalue weighted by molar-refractivity contribution is 6.04. The molecule has 1 aliphatic heterocycles. The zero-order valence-electron chi connectivity index (χ0n) is 15.0. The van der Waals surface area contributed by atoms with Gasteiger partial charge in [-0.15, -0.1) is 0 Å². The Labute approximate surface area is 154 Å². The molecule has 1 aliphatic carbocycles. The Kier molecular flexibility index (Phi) is 4.80. The third-order valence-electron chi connectivity index (χ3n) is 5.20. The molecule has 1 amide bonds. The number of nitrogens with zero attached hydrogens (tertiary/aromatic N) is 2. The van der Waals surface area contributed by atoms with Crippen LogP contribution in [-0.4, -0.2) is 43.5 Å². The second-order valence-electron chi connectivity index (χ2n) is 7.36. The minimum Gasteiger partial charge on any atom is -0.399 e. The molecule has 0 aromatic heterocycles. The molecule has 1 saturated heterocycles. The van der Waals surface area contributed by atoms with Gasteiger partial charge in [0.1, 0.15) is 0 Å². The summed E-state index contributed by atoms with van der Waals surface area (Å²) in [5, 5.41) is 2.98. The fourth-order valence-corrected chi connectivity index (χ4v) is 3.52. The summed E-state index contributed by atoms with van der Waals surface area (Å²) in [6.45, 7) is 5.59. The molecule has 0 atom stereocenters. The van der Waals surface area contributed by atoms with Crippen LogP contribution in [0.25, 0.3) is 0 Å². The second-order valence-corrected chi connectivity index (χ2v) is 7.36. The van der Waals surface area contributed by atoms with Gasteiger partial charge in [0, 0.05) is 55.3 Å². The number of carbonyl (C=O) groups is 1. The zero-order valence-corrected chi connectivity index (χ0v) is 15.0. The molecule has 1 heterocycles. The van der Waals surface area contributed by atoms with E-state index in [9.17, 15) is 4.79 Å². The molecule has 5 nitrogen and oxygen atoms in total. The number of rotatable bonds is 5. The second kappa shape index (κ2) is 7.38. The first-order valence-corrected chi connectivity index (χ1v) is 9.42. The lowest BCUT2D eigenvalue weighted by Crippen LogP contribution is -2.47. The van der Waals surface area contributed by atoms with Gasteiger partial charge in [0.2, 0.25) is 0 Å². The van der Waals surface area contributed by atoms with Gasteiger partial charge < -0.3 is 16.0 Å². The maximum absolute atomic E-state index is 12.4. The molecule has 5 heteroatoms. The zero-order chi connectivity index (χ0) is 17.9. The van der Waals surface area contributed by atoms with E-state index in [0.29, 0.717) is 11.3 Å². The Morgan fingerprint density at radius 1 is 1.04 bits per heavy atom. The van der Waals surface area contributed by atoms with Gasteiger partial charge in [-0.3, -0.25) is 9.69 Å². The lowest BCUT2D eigenvalue weighted by molar-refractivity contribution is 0.102. The van der Waals surface area contributed by atoms with Crippen LogP contribution in [0, 0.1) is 5.92 Å². The molecule has 2 aliphatic rings. The number of nitrogen functional groups attached to an aromatic ring is 1. The molecule has 0 bridgehead atoms. The van der Waals surface area contributed by atoms with Crippen molar-refractivity contribution in [2.24, 2.45) is 5.92 Å². The number of hydrogen-bond donors (Lipinski definition) is 2. The molecule has 0 unspecified atom stereocenters. The number of nitrogens with two attached hydrogens (primary N) is 1. The predicted molar refractivity (Wildman–Crippen MR) is 107 cm³/mol. The highest BCUT2D eigenvalue weighted by atomic mass is 16.1. The first kappa shape index (κ1) is 16.9. The SMILES string of the molecule is Nc1cccc(C(=O)Nc2cccc(N3CCN(CC4CC4)CC3)c2)c1. The standard InChI is InChI=1S/C21H26N4O/c22-18-4-1-3-17(13-18)21(26)23-19-5-2-6-20(14-19)25-11-9-24(10-12-25)15-16-7-8-16/h1-6,13-14,16H,7-12,15,22H2,(H,23,26). The smallest absolute Gasteiger partial charge is 0.255 e. The van der Waals surface area contributed by atoms with Gasteiger partial charge in [-0.25, -0.2) is 0 Å². The van der Waals surface area contributed by atoms with Gasteiger partial charge in [-0.1, -0.05) is 12.1 Å². The summed E-state index contributed by atoms with van der Waals surface area (Å²) >= 11 is 0. The van der Waals surface area contributed by atoms with Crippen molar-refractivity contribution >= 4 is 23.0 Å². The first-order chi connectivity index (χ1) is 12.7. The predicted octanol–water partition coefficient (Wildman–Crippen LogP) is 3.05. The van der Waals surface area contributed by atoms with Crippen LogP contribution in [-0.2, 0) is 0 Å². The number of nitrogens with one attached hydrogen (secondary N) is 1. The van der Waals surface area contributed by atoms with E-state index >= 15 is 0 Å². The number of carbonyl (C=O) groups excluding carboxylic acids is 1. The van der Waals surface area contributed by atoms with Crippen molar-refractivity contribution in [3.63, 3.8) is 0 Å². The van der Waals surface area contributed by atoms with Gasteiger partial charge in [0.15, 0.2) is 0 Å². The van der Waals surface area contributed by atoms with E-state index in [1.807, 2.05) is 12.1 Å². The van der Waals surface area contributed by atoms with Crippen LogP contribution in [0.4, 0.5) is 17.1 Å². The average Bonchev–Trinajstić information content (AvgIpc) is 3.47. The van der Waals surface area contributed by atoms with E-state index in [1.165, 1.54) is 25.1 Å². The summed E-state index contributed by atoms with van der Waals surface area (Å²) in [4.78, 5) is 17.4. The van der Waals surface area contributed by atoms with E-state index in [4.69, 9.17) is 5.73 Å². The molecule has 4 rings (SSSR count). The van der Waals surface area contributed by atoms with Gasteiger partial charge in [-0.05, 0) is 55.2 Å². The molecule has 0 spiro atoms. The van der Waals surface area contributed by atoms with Crippen molar-refractivity contribution in [3.05, 3.63) is 54.1 Å². The van der Waals surface area contributed by atoms with Gasteiger partial charge in [-0.2, -0.15) is 0 Å². The molecule has 2 fully saturated rings. The van der Waals surface area contributed by atoms with Crippen molar-refractivity contribution in [2.45, 2.75) is 12.8 Å². The molecule has 3 N–H and O–H groups in total. The Bertz CT molecular complexity index is 779. The van der Waals surface area contributed by atoms with Gasteiger partial charge in [0.05, 0.1) is 0 Å². The maximum Gasteiger partial charge on any atom is 0.255 e. The molecule has 0 radical (unpaired) electrons. The first-order valence-electron chi connectivity index (χ1n) is 9.42. The average molecular weight is 350 g/mol. The van der Waals surface area contributed by atoms with Crippen molar-refractivity contribution < 1.29 is 4.79 Å². The molecular weight excluding hydrogens is 324 g/mol. The van der Waals surface area contributed by atoms with Crippen LogP contribution < -0.4 is 16.0 Å². The number of anilines is 3. The Hall–Kier alpha value is -2.53. The molecular formula is C21H26N4O. The van der Waals surface area contributed by atoms with Crippen LogP contribution in [0.15, 0.2) is 48.5 Å². The normalized spacial score (nSPS) is 17.9. The summed E-state index contributed by atoms with van der Waals surface area (Å²) in [5.74, 6) is 0.816. The maximum atomic E-state index is 12.4. The molecule has 26 heavy (non-hydrogen) atoms. The largest absolute Gasteiger partial charge is 0.399 e. The van der Waals surface area contributed by atoms with Gasteiger partial charge >= 0.3 is 0 Å². The van der Waals surface area contributed by atoms with Crippen molar-refractivity contribution in [1.29, 1.82) is 0 Å². The lowest BCUT2D eigenvalue weighted by atomic mass is 10.1. The molecule has 2 aromatic carbocycles. The minimum absolute atomic E-state index is 0.135. The topological polar surface area (TPSA) is 61.6 Å². The van der Waals surface area contributed by atoms with E-state index in [2.05, 4.69) is 27.2 Å². The van der Waals surface area contributed by atoms with Crippen LogP contribution in [0.3, 0.4) is 0 Å². The minimum atomic E-state index is -0.135. The van der Waals surface area contributed by atoms with Crippen molar-refractivity contribution in [3.8, 4) is 0 Å². The van der Waals surface area contributed by atoms with E-state index in [-0.39, 0.29) is 5.91 Å². The van der Waals surface area contributed by atoms with Crippen LogP contribution in [0.2, 0.25) is 0 Å². The van der Waals surface area contributed by atoms with Crippen molar-refractivity contribution in [1.82, 2.24) is 4.90 Å². The number of benzene rings is 2. The Balaban J connectivity index is 1.38. The lowest BCUT2D eigenvalue weighted by Gasteiger charge is -2.36. The summed E-state index contributed by atoms with van der Waals surface area (Å²) in [7, 11) is 0. The Morgan fingerprint density at radius 3 is 2.54 bits per heavy atom. The third-order valence-corrected chi connectivity index (χ3v) is 5.20. The van der Waals surface area contributed by atoms with E-state index in [1.54, 1.807) is 24.3 Å². The molecule has 1 saturated carbocycles. The highest BCUT2D eigenvalue weighted by Crippen LogP contribution is 2.30. The molecule has 136 valence electrons. The Morgan fingerprint density at radius 2 is 1.81 bits per heavy atom. The number of piperazine rings is 1. The monoisotopic (exact) mass is 350 g/mol.